The highest BCUT2D eigenvalue weighted by atomic mass is 16.5. The van der Waals surface area contributed by atoms with E-state index in [0.29, 0.717) is 19.8 Å². The van der Waals surface area contributed by atoms with E-state index in [4.69, 9.17) is 14.6 Å². The fourth-order valence-corrected chi connectivity index (χ4v) is 3.85. The number of rotatable bonds is 26. The summed E-state index contributed by atoms with van der Waals surface area (Å²) in [4.78, 5) is 0. The molecule has 0 rings (SSSR count). The van der Waals surface area contributed by atoms with Gasteiger partial charge >= 0.3 is 0 Å². The molecule has 0 radical (unpaired) electrons. The molecule has 0 amide bonds. The van der Waals surface area contributed by atoms with Crippen LogP contribution in [0.25, 0.3) is 0 Å². The Labute approximate surface area is 183 Å². The van der Waals surface area contributed by atoms with Crippen LogP contribution in [0, 0.1) is 0 Å². The van der Waals surface area contributed by atoms with Gasteiger partial charge in [-0.1, -0.05) is 129 Å². The van der Waals surface area contributed by atoms with Gasteiger partial charge in [0.05, 0.1) is 26.4 Å². The molecule has 0 spiro atoms. The molecule has 0 aromatic carbocycles. The largest absolute Gasteiger partial charge is 0.394 e. The summed E-state index contributed by atoms with van der Waals surface area (Å²) in [5, 5.41) is 8.58. The van der Waals surface area contributed by atoms with Gasteiger partial charge in [0.2, 0.25) is 0 Å². The second-order valence-corrected chi connectivity index (χ2v) is 8.67. The predicted octanol–water partition coefficient (Wildman–Crippen LogP) is 7.83. The molecular formula is C26H54O3. The van der Waals surface area contributed by atoms with Crippen LogP contribution in [0.15, 0.2) is 0 Å². The lowest BCUT2D eigenvalue weighted by molar-refractivity contribution is 0.0321. The summed E-state index contributed by atoms with van der Waals surface area (Å²) < 4.78 is 10.7. The molecule has 0 saturated heterocycles. The third-order valence-electron chi connectivity index (χ3n) is 5.75. The minimum absolute atomic E-state index is 0.0966. The molecule has 0 aliphatic carbocycles. The Kier molecular flexibility index (Phi) is 27.8. The van der Waals surface area contributed by atoms with E-state index in [1.54, 1.807) is 0 Å². The molecule has 0 unspecified atom stereocenters. The molecule has 0 fully saturated rings. The van der Waals surface area contributed by atoms with Crippen molar-refractivity contribution in [3.63, 3.8) is 0 Å². The molecule has 0 heterocycles. The second kappa shape index (κ2) is 27.9. The molecular weight excluding hydrogens is 360 g/mol. The summed E-state index contributed by atoms with van der Waals surface area (Å²) in [6.07, 6.45) is 28.3. The first kappa shape index (κ1) is 28.9. The van der Waals surface area contributed by atoms with Crippen LogP contribution in [-0.4, -0.2) is 38.1 Å². The summed E-state index contributed by atoms with van der Waals surface area (Å²) in [6.45, 7) is 4.91. The van der Waals surface area contributed by atoms with Crippen LogP contribution < -0.4 is 0 Å². The molecule has 0 bridgehead atoms. The first-order chi connectivity index (χ1) is 14.4. The monoisotopic (exact) mass is 414 g/mol. The lowest BCUT2D eigenvalue weighted by Gasteiger charge is -2.05. The van der Waals surface area contributed by atoms with Crippen LogP contribution >= 0.6 is 0 Å². The van der Waals surface area contributed by atoms with Crippen molar-refractivity contribution < 1.29 is 14.6 Å². The van der Waals surface area contributed by atoms with E-state index in [-0.39, 0.29) is 6.61 Å². The Balaban J connectivity index is 2.97. The van der Waals surface area contributed by atoms with Crippen molar-refractivity contribution in [2.75, 3.05) is 33.0 Å². The van der Waals surface area contributed by atoms with Crippen molar-refractivity contribution in [3.8, 4) is 0 Å². The Hall–Kier alpha value is -0.120. The maximum Gasteiger partial charge on any atom is 0.0701 e. The molecule has 0 aliphatic rings. The summed E-state index contributed by atoms with van der Waals surface area (Å²) in [7, 11) is 0. The topological polar surface area (TPSA) is 38.7 Å². The normalized spacial score (nSPS) is 11.4. The maximum absolute atomic E-state index is 8.58. The minimum Gasteiger partial charge on any atom is -0.394 e. The highest BCUT2D eigenvalue weighted by Crippen LogP contribution is 2.14. The molecule has 3 nitrogen and oxygen atoms in total. The average molecular weight is 415 g/mol. The molecule has 1 N–H and O–H groups in total. The van der Waals surface area contributed by atoms with Gasteiger partial charge in [-0.2, -0.15) is 0 Å². The third-order valence-corrected chi connectivity index (χ3v) is 5.75. The van der Waals surface area contributed by atoms with Gasteiger partial charge in [-0.25, -0.2) is 0 Å². The Morgan fingerprint density at radius 3 is 1.03 bits per heavy atom. The molecule has 176 valence electrons. The van der Waals surface area contributed by atoms with Crippen LogP contribution in [-0.2, 0) is 9.47 Å². The van der Waals surface area contributed by atoms with Crippen molar-refractivity contribution in [2.45, 2.75) is 135 Å². The Bertz CT molecular complexity index is 245. The molecule has 0 aliphatic heterocycles. The zero-order chi connectivity index (χ0) is 21.1. The van der Waals surface area contributed by atoms with Crippen molar-refractivity contribution in [1.29, 1.82) is 0 Å². The van der Waals surface area contributed by atoms with Crippen molar-refractivity contribution in [2.24, 2.45) is 0 Å². The third kappa shape index (κ3) is 27.9. The van der Waals surface area contributed by atoms with Crippen LogP contribution in [0.1, 0.15) is 135 Å². The van der Waals surface area contributed by atoms with Gasteiger partial charge < -0.3 is 14.6 Å². The highest BCUT2D eigenvalue weighted by Gasteiger charge is 1.96. The molecule has 0 atom stereocenters. The van der Waals surface area contributed by atoms with Gasteiger partial charge in [-0.15, -0.1) is 0 Å². The minimum atomic E-state index is 0.0966. The Morgan fingerprint density at radius 1 is 0.379 bits per heavy atom. The van der Waals surface area contributed by atoms with Crippen LogP contribution in [0.2, 0.25) is 0 Å². The summed E-state index contributed by atoms with van der Waals surface area (Å²) in [5.74, 6) is 0. The standard InChI is InChI=1S/C26H54O3/c1-2-3-4-5-6-7-8-9-10-11-12-13-14-15-16-17-18-19-20-21-23-28-25-26-29-24-22-27/h27H,2-26H2,1H3. The van der Waals surface area contributed by atoms with Gasteiger partial charge in [0.15, 0.2) is 0 Å². The van der Waals surface area contributed by atoms with Gasteiger partial charge in [0.25, 0.3) is 0 Å². The number of hydrogen-bond acceptors (Lipinski definition) is 3. The fourth-order valence-electron chi connectivity index (χ4n) is 3.85. The van der Waals surface area contributed by atoms with Gasteiger partial charge in [0.1, 0.15) is 0 Å². The van der Waals surface area contributed by atoms with Gasteiger partial charge in [-0.3, -0.25) is 0 Å². The van der Waals surface area contributed by atoms with Crippen LogP contribution in [0.4, 0.5) is 0 Å². The molecule has 29 heavy (non-hydrogen) atoms. The van der Waals surface area contributed by atoms with E-state index in [9.17, 15) is 0 Å². The van der Waals surface area contributed by atoms with Gasteiger partial charge in [0, 0.05) is 6.61 Å². The van der Waals surface area contributed by atoms with E-state index in [1.165, 1.54) is 128 Å². The van der Waals surface area contributed by atoms with Crippen molar-refractivity contribution >= 4 is 0 Å². The van der Waals surface area contributed by atoms with Crippen LogP contribution in [0.5, 0.6) is 0 Å². The fraction of sp³-hybridized carbons (Fsp3) is 1.00. The lowest BCUT2D eigenvalue weighted by Crippen LogP contribution is -2.07. The van der Waals surface area contributed by atoms with E-state index >= 15 is 0 Å². The number of hydrogen-bond donors (Lipinski definition) is 1. The first-order valence-electron chi connectivity index (χ1n) is 13.2. The zero-order valence-electron chi connectivity index (χ0n) is 19.9. The van der Waals surface area contributed by atoms with E-state index < -0.39 is 0 Å². The smallest absolute Gasteiger partial charge is 0.0701 e. The van der Waals surface area contributed by atoms with Crippen molar-refractivity contribution in [1.82, 2.24) is 0 Å². The summed E-state index contributed by atoms with van der Waals surface area (Å²) >= 11 is 0. The number of ether oxygens (including phenoxy) is 2. The van der Waals surface area contributed by atoms with E-state index in [1.807, 2.05) is 0 Å². The first-order valence-corrected chi connectivity index (χ1v) is 13.2. The van der Waals surface area contributed by atoms with Crippen LogP contribution in [0.3, 0.4) is 0 Å². The van der Waals surface area contributed by atoms with E-state index in [2.05, 4.69) is 6.92 Å². The quantitative estimate of drug-likeness (QED) is 0.147. The lowest BCUT2D eigenvalue weighted by atomic mass is 10.0. The molecule has 0 aromatic heterocycles. The zero-order valence-corrected chi connectivity index (χ0v) is 19.9. The maximum atomic E-state index is 8.58. The predicted molar refractivity (Wildman–Crippen MR) is 127 cm³/mol. The number of unbranched alkanes of at least 4 members (excludes halogenated alkanes) is 19. The number of aliphatic hydroxyl groups excluding tert-OH is 1. The second-order valence-electron chi connectivity index (χ2n) is 8.67. The molecule has 0 saturated carbocycles. The molecule has 0 aromatic rings. The summed E-state index contributed by atoms with van der Waals surface area (Å²) in [6, 6.07) is 0. The molecule has 3 heteroatoms. The number of aliphatic hydroxyl groups is 1. The highest BCUT2D eigenvalue weighted by molar-refractivity contribution is 4.51. The Morgan fingerprint density at radius 2 is 0.690 bits per heavy atom. The van der Waals surface area contributed by atoms with E-state index in [0.717, 1.165) is 6.61 Å². The summed E-state index contributed by atoms with van der Waals surface area (Å²) in [5.41, 5.74) is 0. The average Bonchev–Trinajstić information content (AvgIpc) is 2.74. The van der Waals surface area contributed by atoms with Crippen molar-refractivity contribution in [3.05, 3.63) is 0 Å². The SMILES string of the molecule is CCCCCCCCCCCCCCCCCCCCCCOCCOCCO. The van der Waals surface area contributed by atoms with Gasteiger partial charge in [-0.05, 0) is 6.42 Å².